The maximum Gasteiger partial charge on any atom is 0.168 e. The number of rotatable bonds is 4. The summed E-state index contributed by atoms with van der Waals surface area (Å²) in [5, 5.41) is 1.31. The first-order valence-corrected chi connectivity index (χ1v) is 10.0. The molecular weight excluding hydrogens is 369 g/mol. The molecule has 1 aliphatic rings. The van der Waals surface area contributed by atoms with Crippen LogP contribution in [0.5, 0.6) is 0 Å². The lowest BCUT2D eigenvalue weighted by molar-refractivity contribution is 1.05. The number of benzene rings is 2. The number of aryl methyl sites for hydroxylation is 2. The molecule has 4 heteroatoms. The van der Waals surface area contributed by atoms with E-state index in [9.17, 15) is 0 Å². The van der Waals surface area contributed by atoms with Crippen molar-refractivity contribution < 1.29 is 0 Å². The molecule has 0 N–H and O–H groups in total. The summed E-state index contributed by atoms with van der Waals surface area (Å²) in [6.45, 7) is 8.65. The first-order valence-electron chi connectivity index (χ1n) is 8.47. The molecule has 0 bridgehead atoms. The van der Waals surface area contributed by atoms with Gasteiger partial charge in [0.15, 0.2) is 5.88 Å². The molecule has 1 heterocycles. The fourth-order valence-corrected chi connectivity index (χ4v) is 4.38. The lowest BCUT2D eigenvalue weighted by atomic mass is 9.91. The minimum Gasteiger partial charge on any atom is -0.322 e. The van der Waals surface area contributed by atoms with Crippen molar-refractivity contribution in [2.75, 3.05) is 4.90 Å². The SMILES string of the molecule is CCc1ccc(CC)c(N2[C]SC(C)=C2C)c1-c1cc(Cl)cc(Cl)c1. The largest absolute Gasteiger partial charge is 0.322 e. The average molecular weight is 390 g/mol. The molecule has 0 aromatic heterocycles. The number of allylic oxidation sites excluding steroid dienone is 2. The summed E-state index contributed by atoms with van der Waals surface area (Å²) in [4.78, 5) is 3.47. The zero-order valence-corrected chi connectivity index (χ0v) is 17.2. The minimum atomic E-state index is 0.657. The van der Waals surface area contributed by atoms with E-state index in [0.717, 1.165) is 18.4 Å². The van der Waals surface area contributed by atoms with E-state index in [1.165, 1.54) is 33.0 Å². The lowest BCUT2D eigenvalue weighted by Gasteiger charge is -2.27. The summed E-state index contributed by atoms with van der Waals surface area (Å²) < 4.78 is 0. The van der Waals surface area contributed by atoms with Crippen LogP contribution in [-0.4, -0.2) is 0 Å². The Morgan fingerprint density at radius 3 is 2.08 bits per heavy atom. The third kappa shape index (κ3) is 3.58. The van der Waals surface area contributed by atoms with E-state index in [-0.39, 0.29) is 0 Å². The molecule has 0 saturated heterocycles. The van der Waals surface area contributed by atoms with Gasteiger partial charge in [0.25, 0.3) is 0 Å². The van der Waals surface area contributed by atoms with Crippen LogP contribution in [-0.2, 0) is 12.8 Å². The second-order valence-electron chi connectivity index (χ2n) is 6.14. The Morgan fingerprint density at radius 1 is 0.960 bits per heavy atom. The number of halogens is 2. The molecule has 0 amide bonds. The maximum absolute atomic E-state index is 6.31. The standard InChI is InChI=1S/C21H21Cl2NS/c1-5-15-7-8-16(6-2)21(24-12-25-14(4)13(24)3)20(15)17-9-18(22)11-19(23)10-17/h7-11H,5-6H2,1-4H3. The Labute approximate surface area is 165 Å². The fraction of sp³-hybridized carbons (Fsp3) is 0.286. The highest BCUT2D eigenvalue weighted by atomic mass is 35.5. The van der Waals surface area contributed by atoms with E-state index in [1.807, 2.05) is 12.1 Å². The summed E-state index contributed by atoms with van der Waals surface area (Å²) >= 11 is 14.3. The van der Waals surface area contributed by atoms with E-state index in [0.29, 0.717) is 10.0 Å². The molecule has 0 aliphatic carbocycles. The summed E-state index contributed by atoms with van der Waals surface area (Å²) in [6, 6.07) is 10.2. The Balaban J connectivity index is 2.32. The van der Waals surface area contributed by atoms with Gasteiger partial charge in [-0.3, -0.25) is 0 Å². The number of thioether (sulfide) groups is 1. The topological polar surface area (TPSA) is 3.24 Å². The van der Waals surface area contributed by atoms with E-state index >= 15 is 0 Å². The van der Waals surface area contributed by atoms with Gasteiger partial charge in [-0.1, -0.05) is 60.9 Å². The van der Waals surface area contributed by atoms with Gasteiger partial charge >= 0.3 is 0 Å². The molecular formula is C21H21Cl2NS. The van der Waals surface area contributed by atoms with Crippen molar-refractivity contribution in [1.82, 2.24) is 0 Å². The summed E-state index contributed by atoms with van der Waals surface area (Å²) in [5.74, 6) is 3.45. The predicted octanol–water partition coefficient (Wildman–Crippen LogP) is 7.59. The van der Waals surface area contributed by atoms with Crippen LogP contribution in [0.1, 0.15) is 38.8 Å². The molecule has 0 fully saturated rings. The molecule has 2 aromatic rings. The Hall–Kier alpha value is -1.09. The number of nitrogens with zero attached hydrogens (tertiary/aromatic N) is 1. The van der Waals surface area contributed by atoms with Crippen LogP contribution < -0.4 is 4.90 Å². The van der Waals surface area contributed by atoms with Crippen molar-refractivity contribution in [1.29, 1.82) is 0 Å². The number of hydrogen-bond donors (Lipinski definition) is 0. The molecule has 0 saturated carbocycles. The Morgan fingerprint density at radius 2 is 1.56 bits per heavy atom. The van der Waals surface area contributed by atoms with Crippen molar-refractivity contribution in [3.63, 3.8) is 0 Å². The first kappa shape index (κ1) is 18.7. The van der Waals surface area contributed by atoms with Gasteiger partial charge in [0, 0.05) is 26.2 Å². The van der Waals surface area contributed by atoms with Crippen LogP contribution in [0.15, 0.2) is 40.9 Å². The highest BCUT2D eigenvalue weighted by molar-refractivity contribution is 8.05. The molecule has 130 valence electrons. The zero-order chi connectivity index (χ0) is 18.1. The number of hydrogen-bond acceptors (Lipinski definition) is 2. The highest BCUT2D eigenvalue weighted by Crippen LogP contribution is 2.46. The molecule has 3 rings (SSSR count). The molecule has 0 spiro atoms. The van der Waals surface area contributed by atoms with Gasteiger partial charge in [-0.25, -0.2) is 0 Å². The molecule has 1 aliphatic heterocycles. The zero-order valence-electron chi connectivity index (χ0n) is 14.9. The Kier molecular flexibility index (Phi) is 5.72. The third-order valence-corrected chi connectivity index (χ3v) is 5.93. The Bertz CT molecular complexity index is 822. The fourth-order valence-electron chi connectivity index (χ4n) is 3.16. The van der Waals surface area contributed by atoms with Gasteiger partial charge in [0.1, 0.15) is 0 Å². The quantitative estimate of drug-likeness (QED) is 0.529. The van der Waals surface area contributed by atoms with Crippen LogP contribution in [0, 0.1) is 5.88 Å². The summed E-state index contributed by atoms with van der Waals surface area (Å²) in [6.07, 6.45) is 1.90. The average Bonchev–Trinajstić information content (AvgIpc) is 2.91. The monoisotopic (exact) mass is 389 g/mol. The van der Waals surface area contributed by atoms with Gasteiger partial charge in [0.2, 0.25) is 0 Å². The molecule has 2 radical (unpaired) electrons. The van der Waals surface area contributed by atoms with Crippen molar-refractivity contribution in [2.45, 2.75) is 40.5 Å². The van der Waals surface area contributed by atoms with Crippen molar-refractivity contribution in [3.8, 4) is 11.1 Å². The lowest BCUT2D eigenvalue weighted by Crippen LogP contribution is -2.16. The van der Waals surface area contributed by atoms with Gasteiger partial charge in [-0.2, -0.15) is 0 Å². The van der Waals surface area contributed by atoms with E-state index in [1.54, 1.807) is 17.8 Å². The summed E-state index contributed by atoms with van der Waals surface area (Å²) in [7, 11) is 0. The second kappa shape index (κ2) is 7.65. The van der Waals surface area contributed by atoms with Crippen molar-refractivity contribution in [3.05, 3.63) is 68.0 Å². The smallest absolute Gasteiger partial charge is 0.168 e. The summed E-state index contributed by atoms with van der Waals surface area (Å²) in [5.41, 5.74) is 7.27. The van der Waals surface area contributed by atoms with Gasteiger partial charge in [0.05, 0.1) is 5.69 Å². The van der Waals surface area contributed by atoms with Crippen LogP contribution in [0.2, 0.25) is 10.0 Å². The van der Waals surface area contributed by atoms with Crippen molar-refractivity contribution >= 4 is 40.7 Å². The van der Waals surface area contributed by atoms with Gasteiger partial charge in [-0.15, -0.1) is 0 Å². The van der Waals surface area contributed by atoms with E-state index < -0.39 is 0 Å². The van der Waals surface area contributed by atoms with Gasteiger partial charge < -0.3 is 4.90 Å². The van der Waals surface area contributed by atoms with Crippen LogP contribution >= 0.6 is 35.0 Å². The van der Waals surface area contributed by atoms with Crippen molar-refractivity contribution in [2.24, 2.45) is 0 Å². The predicted molar refractivity (Wildman–Crippen MR) is 112 cm³/mol. The van der Waals surface area contributed by atoms with Gasteiger partial charge in [-0.05, 0) is 61.6 Å². The first-order chi connectivity index (χ1) is 12.0. The molecule has 2 aromatic carbocycles. The van der Waals surface area contributed by atoms with E-state index in [2.05, 4.69) is 50.6 Å². The molecule has 0 atom stereocenters. The van der Waals surface area contributed by atoms with Crippen LogP contribution in [0.4, 0.5) is 5.69 Å². The normalized spacial score (nSPS) is 14.6. The van der Waals surface area contributed by atoms with Crippen LogP contribution in [0.3, 0.4) is 0 Å². The minimum absolute atomic E-state index is 0.657. The van der Waals surface area contributed by atoms with E-state index in [4.69, 9.17) is 23.2 Å². The molecule has 25 heavy (non-hydrogen) atoms. The maximum atomic E-state index is 6.31. The second-order valence-corrected chi connectivity index (χ2v) is 8.01. The third-order valence-electron chi connectivity index (χ3n) is 4.62. The number of anilines is 1. The van der Waals surface area contributed by atoms with Crippen LogP contribution in [0.25, 0.3) is 11.1 Å². The highest BCUT2D eigenvalue weighted by Gasteiger charge is 2.26. The molecule has 0 unspecified atom stereocenters. The molecule has 1 nitrogen and oxygen atoms in total.